The number of hydrogen-bond acceptors (Lipinski definition) is 6. The minimum atomic E-state index is -1.22. The maximum Gasteiger partial charge on any atom is 0.322 e. The molecule has 7 N–H and O–H groups in total. The molecule has 11 nitrogen and oxygen atoms in total. The van der Waals surface area contributed by atoms with Crippen molar-refractivity contribution in [3.05, 3.63) is 0 Å². The third-order valence-electron chi connectivity index (χ3n) is 3.66. The average molecular weight is 374 g/mol. The summed E-state index contributed by atoms with van der Waals surface area (Å²) >= 11 is 0. The molecule has 0 heterocycles. The summed E-state index contributed by atoms with van der Waals surface area (Å²) in [5, 5.41) is 24.0. The number of aliphatic carboxylic acids is 2. The lowest BCUT2D eigenvalue weighted by Gasteiger charge is -2.25. The van der Waals surface area contributed by atoms with Crippen LogP contribution in [0.2, 0.25) is 0 Å². The van der Waals surface area contributed by atoms with Gasteiger partial charge in [-0.15, -0.1) is 0 Å². The number of carbonyl (C=O) groups is 5. The molecule has 0 aliphatic heterocycles. The molecule has 26 heavy (non-hydrogen) atoms. The van der Waals surface area contributed by atoms with Gasteiger partial charge >= 0.3 is 11.9 Å². The van der Waals surface area contributed by atoms with Gasteiger partial charge in [-0.25, -0.2) is 0 Å². The maximum atomic E-state index is 12.3. The Morgan fingerprint density at radius 3 is 2.08 bits per heavy atom. The molecule has 148 valence electrons. The number of carboxylic acid groups (broad SMARTS) is 2. The van der Waals surface area contributed by atoms with Crippen molar-refractivity contribution in [2.45, 2.75) is 45.2 Å². The number of nitrogens with two attached hydrogens (primary N) is 1. The summed E-state index contributed by atoms with van der Waals surface area (Å²) in [5.74, 6) is -4.55. The van der Waals surface area contributed by atoms with Gasteiger partial charge in [0.05, 0.1) is 12.6 Å². The van der Waals surface area contributed by atoms with Gasteiger partial charge in [0.1, 0.15) is 12.6 Å². The van der Waals surface area contributed by atoms with E-state index in [0.29, 0.717) is 6.42 Å². The van der Waals surface area contributed by atoms with Gasteiger partial charge in [0, 0.05) is 6.42 Å². The van der Waals surface area contributed by atoms with Crippen molar-refractivity contribution < 1.29 is 34.2 Å². The lowest BCUT2D eigenvalue weighted by Crippen LogP contribution is -2.55. The van der Waals surface area contributed by atoms with Gasteiger partial charge in [0.15, 0.2) is 0 Å². The molecule has 0 saturated carbocycles. The van der Waals surface area contributed by atoms with Crippen molar-refractivity contribution in [3.8, 4) is 0 Å². The SMILES string of the molecule is CCC(C)C(NC(=O)C(N)CCC(=O)O)C(=O)NCC(=O)NCC(=O)O. The zero-order valence-electron chi connectivity index (χ0n) is 14.8. The molecule has 3 unspecified atom stereocenters. The number of nitrogens with one attached hydrogen (secondary N) is 3. The Labute approximate surface area is 150 Å². The van der Waals surface area contributed by atoms with E-state index in [1.54, 1.807) is 13.8 Å². The molecular weight excluding hydrogens is 348 g/mol. The van der Waals surface area contributed by atoms with Crippen molar-refractivity contribution in [1.29, 1.82) is 0 Å². The summed E-state index contributed by atoms with van der Waals surface area (Å²) in [7, 11) is 0. The topological polar surface area (TPSA) is 188 Å². The van der Waals surface area contributed by atoms with Crippen molar-refractivity contribution in [2.24, 2.45) is 11.7 Å². The highest BCUT2D eigenvalue weighted by Crippen LogP contribution is 2.09. The van der Waals surface area contributed by atoms with E-state index >= 15 is 0 Å². The van der Waals surface area contributed by atoms with Crippen molar-refractivity contribution in [3.63, 3.8) is 0 Å². The fourth-order valence-corrected chi connectivity index (χ4v) is 1.89. The van der Waals surface area contributed by atoms with E-state index in [1.165, 1.54) is 0 Å². The van der Waals surface area contributed by atoms with Gasteiger partial charge in [0.2, 0.25) is 17.7 Å². The van der Waals surface area contributed by atoms with Gasteiger partial charge in [-0.2, -0.15) is 0 Å². The van der Waals surface area contributed by atoms with Gasteiger partial charge in [-0.3, -0.25) is 24.0 Å². The van der Waals surface area contributed by atoms with Crippen molar-refractivity contribution in [1.82, 2.24) is 16.0 Å². The van der Waals surface area contributed by atoms with Crippen LogP contribution in [0.25, 0.3) is 0 Å². The number of carbonyl (C=O) groups excluding carboxylic acids is 3. The zero-order valence-corrected chi connectivity index (χ0v) is 14.8. The Morgan fingerprint density at radius 2 is 1.58 bits per heavy atom. The first kappa shape index (κ1) is 23.3. The second-order valence-corrected chi connectivity index (χ2v) is 5.80. The van der Waals surface area contributed by atoms with Crippen LogP contribution in [0.15, 0.2) is 0 Å². The van der Waals surface area contributed by atoms with Crippen LogP contribution in [0.4, 0.5) is 0 Å². The number of rotatable bonds is 12. The fraction of sp³-hybridized carbons (Fsp3) is 0.667. The second-order valence-electron chi connectivity index (χ2n) is 5.80. The van der Waals surface area contributed by atoms with Crippen LogP contribution in [0, 0.1) is 5.92 Å². The monoisotopic (exact) mass is 374 g/mol. The normalized spacial score (nSPS) is 13.8. The van der Waals surface area contributed by atoms with Crippen molar-refractivity contribution in [2.75, 3.05) is 13.1 Å². The van der Waals surface area contributed by atoms with Crippen LogP contribution in [-0.4, -0.2) is 65.0 Å². The van der Waals surface area contributed by atoms with E-state index in [0.717, 1.165) is 0 Å². The summed E-state index contributed by atoms with van der Waals surface area (Å²) < 4.78 is 0. The highest BCUT2D eigenvalue weighted by atomic mass is 16.4. The van der Waals surface area contributed by atoms with Gasteiger partial charge in [-0.05, 0) is 12.3 Å². The van der Waals surface area contributed by atoms with Crippen LogP contribution < -0.4 is 21.7 Å². The standard InChI is InChI=1S/C15H26N4O7/c1-3-8(2)13(19-14(25)9(16)4-5-11(21)22)15(26)18-6-10(20)17-7-12(23)24/h8-9,13H,3-7,16H2,1-2H3,(H,17,20)(H,18,26)(H,19,25)(H,21,22)(H,23,24). The molecule has 0 aromatic carbocycles. The van der Waals surface area contributed by atoms with Crippen LogP contribution >= 0.6 is 0 Å². The molecule has 0 aliphatic carbocycles. The Hall–Kier alpha value is -2.69. The van der Waals surface area contributed by atoms with Crippen molar-refractivity contribution >= 4 is 29.7 Å². The number of carboxylic acids is 2. The number of amides is 3. The average Bonchev–Trinajstić information content (AvgIpc) is 2.59. The summed E-state index contributed by atoms with van der Waals surface area (Å²) in [5.41, 5.74) is 5.62. The molecule has 0 spiro atoms. The van der Waals surface area contributed by atoms with Gasteiger partial charge < -0.3 is 31.9 Å². The number of hydrogen-bond donors (Lipinski definition) is 6. The van der Waals surface area contributed by atoms with E-state index in [9.17, 15) is 24.0 Å². The predicted octanol–water partition coefficient (Wildman–Crippen LogP) is -1.97. The summed E-state index contributed by atoms with van der Waals surface area (Å²) in [4.78, 5) is 56.6. The lowest BCUT2D eigenvalue weighted by molar-refractivity contribution is -0.138. The van der Waals surface area contributed by atoms with Crippen LogP contribution in [0.1, 0.15) is 33.1 Å². The van der Waals surface area contributed by atoms with E-state index in [2.05, 4.69) is 16.0 Å². The quantitative estimate of drug-likeness (QED) is 0.227. The summed E-state index contributed by atoms with van der Waals surface area (Å²) in [6, 6.07) is -2.04. The first-order valence-corrected chi connectivity index (χ1v) is 8.12. The summed E-state index contributed by atoms with van der Waals surface area (Å²) in [6.45, 7) is 2.51. The predicted molar refractivity (Wildman–Crippen MR) is 89.9 cm³/mol. The molecule has 0 radical (unpaired) electrons. The van der Waals surface area contributed by atoms with Gasteiger partial charge in [0.25, 0.3) is 0 Å². The third-order valence-corrected chi connectivity index (χ3v) is 3.66. The van der Waals surface area contributed by atoms with Crippen LogP contribution in [0.3, 0.4) is 0 Å². The Bertz CT molecular complexity index is 538. The molecule has 0 bridgehead atoms. The van der Waals surface area contributed by atoms with E-state index < -0.39 is 54.8 Å². The molecule has 3 amide bonds. The molecule has 0 aliphatic rings. The van der Waals surface area contributed by atoms with Crippen LogP contribution in [-0.2, 0) is 24.0 Å². The maximum absolute atomic E-state index is 12.3. The minimum absolute atomic E-state index is 0.0758. The molecule has 11 heteroatoms. The highest BCUT2D eigenvalue weighted by molar-refractivity contribution is 5.92. The molecule has 0 rings (SSSR count). The largest absolute Gasteiger partial charge is 0.481 e. The first-order valence-electron chi connectivity index (χ1n) is 8.12. The van der Waals surface area contributed by atoms with E-state index in [-0.39, 0.29) is 18.8 Å². The Balaban J connectivity index is 4.69. The smallest absolute Gasteiger partial charge is 0.322 e. The van der Waals surface area contributed by atoms with Gasteiger partial charge in [-0.1, -0.05) is 20.3 Å². The fourth-order valence-electron chi connectivity index (χ4n) is 1.89. The molecule has 0 aromatic rings. The molecule has 0 saturated heterocycles. The summed E-state index contributed by atoms with van der Waals surface area (Å²) in [6.07, 6.45) is 0.195. The van der Waals surface area contributed by atoms with E-state index in [4.69, 9.17) is 15.9 Å². The second kappa shape index (κ2) is 11.8. The minimum Gasteiger partial charge on any atom is -0.481 e. The molecule has 0 aromatic heterocycles. The first-order chi connectivity index (χ1) is 12.1. The molecular formula is C15H26N4O7. The lowest BCUT2D eigenvalue weighted by atomic mass is 9.97. The molecule has 3 atom stereocenters. The van der Waals surface area contributed by atoms with E-state index in [1.807, 2.05) is 0 Å². The van der Waals surface area contributed by atoms with Crippen LogP contribution in [0.5, 0.6) is 0 Å². The third kappa shape index (κ3) is 9.57. The highest BCUT2D eigenvalue weighted by Gasteiger charge is 2.28. The Morgan fingerprint density at radius 1 is 0.962 bits per heavy atom. The zero-order chi connectivity index (χ0) is 20.3. The Kier molecular flexibility index (Phi) is 10.6. The molecule has 0 fully saturated rings.